The lowest BCUT2D eigenvalue weighted by Crippen LogP contribution is -2.18. The van der Waals surface area contributed by atoms with Crippen molar-refractivity contribution in [3.8, 4) is 0 Å². The van der Waals surface area contributed by atoms with E-state index in [0.29, 0.717) is 0 Å². The van der Waals surface area contributed by atoms with Crippen molar-refractivity contribution >= 4 is 23.4 Å². The number of anilines is 2. The number of carbonyl (C=O) groups is 1. The van der Waals surface area contributed by atoms with Crippen molar-refractivity contribution in [3.63, 3.8) is 0 Å². The smallest absolute Gasteiger partial charge is 0.329 e. The van der Waals surface area contributed by atoms with Gasteiger partial charge >= 0.3 is 11.7 Å². The second-order valence-electron chi connectivity index (χ2n) is 3.09. The molecule has 0 unspecified atom stereocenters. The fourth-order valence-electron chi connectivity index (χ4n) is 1.13. The number of aromatic nitrogens is 2. The zero-order valence-corrected chi connectivity index (χ0v) is 9.97. The summed E-state index contributed by atoms with van der Waals surface area (Å²) >= 11 is 0. The van der Waals surface area contributed by atoms with Gasteiger partial charge in [-0.15, -0.1) is 0 Å². The van der Waals surface area contributed by atoms with Crippen LogP contribution in [0.4, 0.5) is 17.5 Å². The molecule has 0 atom stereocenters. The molecule has 1 aromatic rings. The van der Waals surface area contributed by atoms with Crippen LogP contribution in [0.3, 0.4) is 0 Å². The monoisotopic (exact) mass is 255 g/mol. The molecule has 0 fully saturated rings. The summed E-state index contributed by atoms with van der Waals surface area (Å²) in [7, 11) is 1.58. The number of nitro groups is 1. The summed E-state index contributed by atoms with van der Waals surface area (Å²) in [6.45, 7) is 1.72. The summed E-state index contributed by atoms with van der Waals surface area (Å²) in [4.78, 5) is 28.8. The van der Waals surface area contributed by atoms with Crippen LogP contribution >= 0.6 is 0 Å². The van der Waals surface area contributed by atoms with Crippen molar-refractivity contribution in [3.05, 3.63) is 16.3 Å². The van der Waals surface area contributed by atoms with Gasteiger partial charge in [0.25, 0.3) is 0 Å². The van der Waals surface area contributed by atoms with Crippen molar-refractivity contribution in [2.75, 3.05) is 30.8 Å². The van der Waals surface area contributed by atoms with Crippen LogP contribution in [0.2, 0.25) is 0 Å². The van der Waals surface area contributed by atoms with Crippen LogP contribution in [-0.2, 0) is 9.53 Å². The van der Waals surface area contributed by atoms with Gasteiger partial charge in [0.15, 0.2) is 0 Å². The van der Waals surface area contributed by atoms with Crippen LogP contribution in [0.5, 0.6) is 0 Å². The predicted octanol–water partition coefficient (Wildman–Crippen LogP) is 0.401. The maximum atomic E-state index is 11.1. The fourth-order valence-corrected chi connectivity index (χ4v) is 1.13. The highest BCUT2D eigenvalue weighted by Crippen LogP contribution is 2.21. The van der Waals surface area contributed by atoms with Crippen molar-refractivity contribution in [2.24, 2.45) is 0 Å². The molecule has 9 heteroatoms. The van der Waals surface area contributed by atoms with Crippen LogP contribution in [0.15, 0.2) is 6.20 Å². The average Bonchev–Trinajstić information content (AvgIpc) is 2.36. The molecular weight excluding hydrogens is 242 g/mol. The highest BCUT2D eigenvalue weighted by atomic mass is 16.6. The molecule has 18 heavy (non-hydrogen) atoms. The normalized spacial score (nSPS) is 9.67. The largest absolute Gasteiger partial charge is 0.465 e. The van der Waals surface area contributed by atoms with E-state index in [9.17, 15) is 14.9 Å². The molecule has 0 saturated heterocycles. The van der Waals surface area contributed by atoms with Crippen LogP contribution < -0.4 is 10.6 Å². The van der Waals surface area contributed by atoms with Gasteiger partial charge in [-0.1, -0.05) is 0 Å². The first-order chi connectivity index (χ1) is 8.58. The molecule has 2 N–H and O–H groups in total. The summed E-state index contributed by atoms with van der Waals surface area (Å²) in [5.41, 5.74) is -0.307. The minimum absolute atomic E-state index is 0.0348. The first-order valence-electron chi connectivity index (χ1n) is 5.17. The Labute approximate surface area is 103 Å². The Balaban J connectivity index is 2.84. The second-order valence-corrected chi connectivity index (χ2v) is 3.09. The topological polar surface area (TPSA) is 119 Å². The Bertz CT molecular complexity index is 451. The number of esters is 1. The minimum Gasteiger partial charge on any atom is -0.465 e. The minimum atomic E-state index is -0.632. The first-order valence-corrected chi connectivity index (χ1v) is 5.17. The molecule has 0 aliphatic rings. The van der Waals surface area contributed by atoms with E-state index >= 15 is 0 Å². The fraction of sp³-hybridized carbons (Fsp3) is 0.444. The predicted molar refractivity (Wildman–Crippen MR) is 63.4 cm³/mol. The number of carbonyl (C=O) groups excluding carboxylic acids is 1. The van der Waals surface area contributed by atoms with Crippen LogP contribution in [0.1, 0.15) is 6.92 Å². The van der Waals surface area contributed by atoms with E-state index < -0.39 is 10.9 Å². The van der Waals surface area contributed by atoms with Crippen LogP contribution in [0, 0.1) is 10.1 Å². The van der Waals surface area contributed by atoms with Gasteiger partial charge in [-0.2, -0.15) is 4.98 Å². The van der Waals surface area contributed by atoms with Crippen molar-refractivity contribution in [1.82, 2.24) is 9.97 Å². The number of hydrogen-bond donors (Lipinski definition) is 2. The quantitative estimate of drug-likeness (QED) is 0.426. The molecule has 1 heterocycles. The molecule has 9 nitrogen and oxygen atoms in total. The zero-order valence-electron chi connectivity index (χ0n) is 9.97. The molecule has 1 rings (SSSR count). The van der Waals surface area contributed by atoms with Crippen LogP contribution in [-0.4, -0.2) is 41.1 Å². The van der Waals surface area contributed by atoms with Crippen molar-refractivity contribution in [2.45, 2.75) is 6.92 Å². The number of hydrogen-bond acceptors (Lipinski definition) is 8. The molecular formula is C9H13N5O4. The summed E-state index contributed by atoms with van der Waals surface area (Å²) in [6.07, 6.45) is 1.06. The third-order valence-electron chi connectivity index (χ3n) is 1.90. The van der Waals surface area contributed by atoms with Crippen molar-refractivity contribution in [1.29, 1.82) is 0 Å². The maximum absolute atomic E-state index is 11.1. The van der Waals surface area contributed by atoms with E-state index in [2.05, 4.69) is 20.6 Å². The van der Waals surface area contributed by atoms with E-state index in [0.717, 1.165) is 6.20 Å². The van der Waals surface area contributed by atoms with E-state index in [1.807, 2.05) is 0 Å². The van der Waals surface area contributed by atoms with Gasteiger partial charge in [0.05, 0.1) is 11.5 Å². The van der Waals surface area contributed by atoms with Gasteiger partial charge in [-0.3, -0.25) is 14.9 Å². The Hall–Kier alpha value is -2.45. The Morgan fingerprint density at radius 3 is 2.89 bits per heavy atom. The lowest BCUT2D eigenvalue weighted by molar-refractivity contribution is -0.384. The molecule has 0 saturated carbocycles. The molecule has 0 aliphatic carbocycles. The molecule has 0 spiro atoms. The van der Waals surface area contributed by atoms with Gasteiger partial charge in [0.2, 0.25) is 11.8 Å². The highest BCUT2D eigenvalue weighted by Gasteiger charge is 2.17. The lowest BCUT2D eigenvalue weighted by Gasteiger charge is -2.06. The maximum Gasteiger partial charge on any atom is 0.329 e. The first kappa shape index (κ1) is 13.6. The Morgan fingerprint density at radius 1 is 1.61 bits per heavy atom. The Kier molecular flexibility index (Phi) is 4.78. The molecule has 0 bridgehead atoms. The summed E-state index contributed by atoms with van der Waals surface area (Å²) in [5, 5.41) is 15.9. The zero-order chi connectivity index (χ0) is 13.5. The second kappa shape index (κ2) is 6.33. The van der Waals surface area contributed by atoms with Gasteiger partial charge in [-0.25, -0.2) is 4.98 Å². The average molecular weight is 255 g/mol. The number of rotatable bonds is 6. The summed E-state index contributed by atoms with van der Waals surface area (Å²) in [5.74, 6) is -0.337. The van der Waals surface area contributed by atoms with E-state index in [-0.39, 0.29) is 30.6 Å². The molecule has 0 amide bonds. The number of nitrogens with zero attached hydrogens (tertiary/aromatic N) is 3. The third kappa shape index (κ3) is 3.54. The summed E-state index contributed by atoms with van der Waals surface area (Å²) < 4.78 is 4.69. The van der Waals surface area contributed by atoms with Crippen LogP contribution in [0.25, 0.3) is 0 Å². The molecule has 0 radical (unpaired) electrons. The highest BCUT2D eigenvalue weighted by molar-refractivity contribution is 5.75. The van der Waals surface area contributed by atoms with E-state index in [1.165, 1.54) is 0 Å². The Morgan fingerprint density at radius 2 is 2.33 bits per heavy atom. The SMILES string of the molecule is CCOC(=O)CNc1nc(NC)ncc1[N+](=O)[O-]. The standard InChI is InChI=1S/C9H13N5O4/c1-3-18-7(15)5-11-8-6(14(16)17)4-12-9(10-2)13-8/h4H,3,5H2,1-2H3,(H2,10,11,12,13). The molecule has 0 aliphatic heterocycles. The molecule has 0 aromatic carbocycles. The van der Waals surface area contributed by atoms with Gasteiger partial charge < -0.3 is 15.4 Å². The molecule has 1 aromatic heterocycles. The lowest BCUT2D eigenvalue weighted by atomic mass is 10.4. The molecule has 98 valence electrons. The van der Waals surface area contributed by atoms with Gasteiger partial charge in [0, 0.05) is 7.05 Å². The van der Waals surface area contributed by atoms with Gasteiger partial charge in [-0.05, 0) is 6.92 Å². The van der Waals surface area contributed by atoms with E-state index in [1.54, 1.807) is 14.0 Å². The number of nitrogens with one attached hydrogen (secondary N) is 2. The van der Waals surface area contributed by atoms with Crippen molar-refractivity contribution < 1.29 is 14.5 Å². The number of ether oxygens (including phenoxy) is 1. The van der Waals surface area contributed by atoms with Gasteiger partial charge in [0.1, 0.15) is 12.7 Å². The summed E-state index contributed by atoms with van der Waals surface area (Å²) in [6, 6.07) is 0. The third-order valence-corrected chi connectivity index (χ3v) is 1.90. The van der Waals surface area contributed by atoms with E-state index in [4.69, 9.17) is 4.74 Å².